The van der Waals surface area contributed by atoms with Crippen LogP contribution < -0.4 is 10.6 Å². The van der Waals surface area contributed by atoms with Crippen LogP contribution >= 0.6 is 0 Å². The number of furan rings is 1. The Hall–Kier alpha value is -2.79. The first-order valence-corrected chi connectivity index (χ1v) is 8.77. The zero-order chi connectivity index (χ0) is 18.5. The van der Waals surface area contributed by atoms with Crippen molar-refractivity contribution in [3.63, 3.8) is 0 Å². The van der Waals surface area contributed by atoms with Crippen molar-refractivity contribution in [2.75, 3.05) is 14.1 Å². The van der Waals surface area contributed by atoms with Gasteiger partial charge in [-0.05, 0) is 44.3 Å². The molecule has 1 atom stereocenters. The second-order valence-electron chi connectivity index (χ2n) is 6.74. The fourth-order valence-corrected chi connectivity index (χ4v) is 2.93. The summed E-state index contributed by atoms with van der Waals surface area (Å²) in [7, 11) is 4.07. The summed E-state index contributed by atoms with van der Waals surface area (Å²) < 4.78 is 5.81. The number of fused-ring (bicyclic) bond motifs is 1. The summed E-state index contributed by atoms with van der Waals surface area (Å²) in [5, 5.41) is 6.91. The zero-order valence-electron chi connectivity index (χ0n) is 15.5. The van der Waals surface area contributed by atoms with Crippen LogP contribution in [0.2, 0.25) is 0 Å². The predicted molar refractivity (Wildman–Crippen MR) is 104 cm³/mol. The fourth-order valence-electron chi connectivity index (χ4n) is 2.93. The molecule has 0 saturated carbocycles. The number of amides is 2. The van der Waals surface area contributed by atoms with E-state index in [1.54, 1.807) is 0 Å². The summed E-state index contributed by atoms with van der Waals surface area (Å²) >= 11 is 0. The summed E-state index contributed by atoms with van der Waals surface area (Å²) in [6, 6.07) is 17.5. The van der Waals surface area contributed by atoms with Crippen molar-refractivity contribution < 1.29 is 9.21 Å². The molecule has 5 heteroatoms. The van der Waals surface area contributed by atoms with Gasteiger partial charge in [0.15, 0.2) is 0 Å². The highest BCUT2D eigenvalue weighted by Gasteiger charge is 2.14. The fraction of sp³-hybridized carbons (Fsp3) is 0.286. The van der Waals surface area contributed by atoms with Crippen molar-refractivity contribution >= 4 is 17.0 Å². The van der Waals surface area contributed by atoms with Gasteiger partial charge in [0.05, 0.1) is 6.04 Å². The van der Waals surface area contributed by atoms with Gasteiger partial charge < -0.3 is 20.0 Å². The molecule has 1 unspecified atom stereocenters. The van der Waals surface area contributed by atoms with Crippen LogP contribution in [0.25, 0.3) is 11.0 Å². The molecule has 0 radical (unpaired) electrons. The number of carbonyl (C=O) groups is 1. The second-order valence-corrected chi connectivity index (χ2v) is 6.74. The standard InChI is InChI=1S/C21H25N3O2/c1-15(20-12-16-8-6-7-11-19(16)26-20)23-21(25)22-13-17-9-4-5-10-18(17)14-24(2)3/h4-12,15H,13-14H2,1-3H3,(H2,22,23,25). The molecule has 0 bridgehead atoms. The summed E-state index contributed by atoms with van der Waals surface area (Å²) in [6.45, 7) is 3.24. The normalized spacial score (nSPS) is 12.3. The van der Waals surface area contributed by atoms with Crippen molar-refractivity contribution in [3.8, 4) is 0 Å². The molecule has 1 aromatic heterocycles. The average Bonchev–Trinajstić information content (AvgIpc) is 3.05. The zero-order valence-corrected chi connectivity index (χ0v) is 15.5. The van der Waals surface area contributed by atoms with Crippen LogP contribution in [-0.4, -0.2) is 25.0 Å². The lowest BCUT2D eigenvalue weighted by Crippen LogP contribution is -2.36. The van der Waals surface area contributed by atoms with E-state index in [1.165, 1.54) is 5.56 Å². The summed E-state index contributed by atoms with van der Waals surface area (Å²) in [6.07, 6.45) is 0. The van der Waals surface area contributed by atoms with Crippen LogP contribution in [-0.2, 0) is 13.1 Å². The summed E-state index contributed by atoms with van der Waals surface area (Å²) in [4.78, 5) is 14.4. The lowest BCUT2D eigenvalue weighted by atomic mass is 10.1. The van der Waals surface area contributed by atoms with E-state index >= 15 is 0 Å². The monoisotopic (exact) mass is 351 g/mol. The summed E-state index contributed by atoms with van der Waals surface area (Å²) in [5.41, 5.74) is 3.16. The largest absolute Gasteiger partial charge is 0.459 e. The molecule has 2 aromatic carbocycles. The topological polar surface area (TPSA) is 57.5 Å². The molecule has 0 fully saturated rings. The Labute approximate surface area is 154 Å². The number of benzene rings is 2. The quantitative estimate of drug-likeness (QED) is 0.704. The molecule has 0 aliphatic heterocycles. The van der Waals surface area contributed by atoms with Crippen LogP contribution in [0.4, 0.5) is 4.79 Å². The number of nitrogens with zero attached hydrogens (tertiary/aromatic N) is 1. The Kier molecular flexibility index (Phi) is 5.58. The third kappa shape index (κ3) is 4.43. The van der Waals surface area contributed by atoms with Gasteiger partial charge in [0, 0.05) is 18.5 Å². The van der Waals surface area contributed by atoms with Gasteiger partial charge in [0.25, 0.3) is 0 Å². The van der Waals surface area contributed by atoms with E-state index in [-0.39, 0.29) is 12.1 Å². The Morgan fingerprint density at radius 2 is 1.77 bits per heavy atom. The highest BCUT2D eigenvalue weighted by atomic mass is 16.3. The third-order valence-electron chi connectivity index (χ3n) is 4.26. The molecular weight excluding hydrogens is 326 g/mol. The molecule has 0 saturated heterocycles. The van der Waals surface area contributed by atoms with Crippen LogP contribution in [0, 0.1) is 0 Å². The van der Waals surface area contributed by atoms with Crippen molar-refractivity contribution in [2.45, 2.75) is 26.1 Å². The number of hydrogen-bond donors (Lipinski definition) is 2. The minimum Gasteiger partial charge on any atom is -0.459 e. The molecule has 0 spiro atoms. The molecule has 26 heavy (non-hydrogen) atoms. The molecule has 0 aliphatic carbocycles. The highest BCUT2D eigenvalue weighted by Crippen LogP contribution is 2.23. The number of para-hydroxylation sites is 1. The first-order valence-electron chi connectivity index (χ1n) is 8.77. The van der Waals surface area contributed by atoms with Crippen LogP contribution in [0.15, 0.2) is 59.0 Å². The Morgan fingerprint density at radius 3 is 2.50 bits per heavy atom. The SMILES string of the molecule is CC(NC(=O)NCc1ccccc1CN(C)C)c1cc2ccccc2o1. The summed E-state index contributed by atoms with van der Waals surface area (Å²) in [5.74, 6) is 0.745. The van der Waals surface area contributed by atoms with Crippen molar-refractivity contribution in [3.05, 3.63) is 71.5 Å². The molecule has 3 aromatic rings. The van der Waals surface area contributed by atoms with Gasteiger partial charge in [0.2, 0.25) is 0 Å². The van der Waals surface area contributed by atoms with Gasteiger partial charge in [-0.25, -0.2) is 4.79 Å². The molecule has 1 heterocycles. The van der Waals surface area contributed by atoms with Crippen LogP contribution in [0.3, 0.4) is 0 Å². The lowest BCUT2D eigenvalue weighted by Gasteiger charge is -2.16. The molecular formula is C21H25N3O2. The molecule has 5 nitrogen and oxygen atoms in total. The molecule has 2 amide bonds. The van der Waals surface area contributed by atoms with E-state index in [1.807, 2.05) is 69.6 Å². The van der Waals surface area contributed by atoms with E-state index in [9.17, 15) is 4.79 Å². The van der Waals surface area contributed by atoms with Crippen molar-refractivity contribution in [1.82, 2.24) is 15.5 Å². The predicted octanol–water partition coefficient (Wildman–Crippen LogP) is 4.05. The number of rotatable bonds is 6. The molecule has 0 aliphatic rings. The van der Waals surface area contributed by atoms with Crippen molar-refractivity contribution in [1.29, 1.82) is 0 Å². The first kappa shape index (κ1) is 18.0. The van der Waals surface area contributed by atoms with E-state index in [4.69, 9.17) is 4.42 Å². The Bertz CT molecular complexity index is 853. The number of hydrogen-bond acceptors (Lipinski definition) is 3. The molecule has 3 rings (SSSR count). The number of nitrogens with one attached hydrogen (secondary N) is 2. The minimum atomic E-state index is -0.211. The lowest BCUT2D eigenvalue weighted by molar-refractivity contribution is 0.236. The van der Waals surface area contributed by atoms with E-state index < -0.39 is 0 Å². The van der Waals surface area contributed by atoms with Crippen LogP contribution in [0.5, 0.6) is 0 Å². The van der Waals surface area contributed by atoms with Crippen molar-refractivity contribution in [2.24, 2.45) is 0 Å². The second kappa shape index (κ2) is 8.06. The number of carbonyl (C=O) groups excluding carboxylic acids is 1. The maximum atomic E-state index is 12.3. The highest BCUT2D eigenvalue weighted by molar-refractivity contribution is 5.78. The molecule has 2 N–H and O–H groups in total. The third-order valence-corrected chi connectivity index (χ3v) is 4.26. The van der Waals surface area contributed by atoms with E-state index in [0.29, 0.717) is 6.54 Å². The first-order chi connectivity index (χ1) is 12.5. The maximum Gasteiger partial charge on any atom is 0.315 e. The van der Waals surface area contributed by atoms with Gasteiger partial charge in [-0.3, -0.25) is 0 Å². The van der Waals surface area contributed by atoms with Gasteiger partial charge in [-0.2, -0.15) is 0 Å². The van der Waals surface area contributed by atoms with E-state index in [0.717, 1.165) is 28.8 Å². The Morgan fingerprint density at radius 1 is 1.08 bits per heavy atom. The molecule has 136 valence electrons. The number of urea groups is 1. The average molecular weight is 351 g/mol. The van der Waals surface area contributed by atoms with Crippen LogP contribution in [0.1, 0.15) is 29.9 Å². The van der Waals surface area contributed by atoms with Gasteiger partial charge >= 0.3 is 6.03 Å². The minimum absolute atomic E-state index is 0.209. The van der Waals surface area contributed by atoms with E-state index in [2.05, 4.69) is 21.6 Å². The van der Waals surface area contributed by atoms with Gasteiger partial charge in [-0.1, -0.05) is 42.5 Å². The van der Waals surface area contributed by atoms with Gasteiger partial charge in [-0.15, -0.1) is 0 Å². The maximum absolute atomic E-state index is 12.3. The smallest absolute Gasteiger partial charge is 0.315 e. The van der Waals surface area contributed by atoms with Gasteiger partial charge in [0.1, 0.15) is 11.3 Å². The Balaban J connectivity index is 1.59.